The van der Waals surface area contributed by atoms with Gasteiger partial charge in [0.1, 0.15) is 6.04 Å². The number of methoxy groups -OCH3 is 1. The summed E-state index contributed by atoms with van der Waals surface area (Å²) in [7, 11) is 1.30. The minimum absolute atomic E-state index is 0.157. The van der Waals surface area contributed by atoms with Crippen molar-refractivity contribution in [3.63, 3.8) is 0 Å². The first-order valence-corrected chi connectivity index (χ1v) is 3.73. The summed E-state index contributed by atoms with van der Waals surface area (Å²) in [6.45, 7) is 0. The lowest BCUT2D eigenvalue weighted by atomic mass is 10.3. The van der Waals surface area contributed by atoms with Crippen LogP contribution in [-0.4, -0.2) is 30.1 Å². The van der Waals surface area contributed by atoms with Gasteiger partial charge >= 0.3 is 5.97 Å². The van der Waals surface area contributed by atoms with Gasteiger partial charge in [-0.1, -0.05) is 11.8 Å². The summed E-state index contributed by atoms with van der Waals surface area (Å²) >= 11 is 1.10. The van der Waals surface area contributed by atoms with Crippen molar-refractivity contribution in [2.75, 3.05) is 12.9 Å². The summed E-state index contributed by atoms with van der Waals surface area (Å²) in [6, 6.07) is -0.442. The first kappa shape index (κ1) is 7.40. The van der Waals surface area contributed by atoms with Crippen LogP contribution in [0.5, 0.6) is 0 Å². The maximum absolute atomic E-state index is 10.7. The van der Waals surface area contributed by atoms with E-state index in [-0.39, 0.29) is 11.2 Å². The van der Waals surface area contributed by atoms with Gasteiger partial charge in [-0.2, -0.15) is 0 Å². The van der Waals surface area contributed by atoms with Gasteiger partial charge in [0.25, 0.3) is 5.24 Å². The quantitative estimate of drug-likeness (QED) is 0.549. The van der Waals surface area contributed by atoms with Crippen LogP contribution in [0.15, 0.2) is 0 Å². The molecule has 4 nitrogen and oxygen atoms in total. The summed E-state index contributed by atoms with van der Waals surface area (Å²) in [5, 5.41) is 2.30. The molecule has 56 valence electrons. The van der Waals surface area contributed by atoms with E-state index < -0.39 is 6.04 Å². The number of nitrogens with one attached hydrogen (secondary N) is 1. The van der Waals surface area contributed by atoms with E-state index in [0.717, 1.165) is 11.8 Å². The van der Waals surface area contributed by atoms with E-state index in [2.05, 4.69) is 10.1 Å². The van der Waals surface area contributed by atoms with Crippen molar-refractivity contribution in [2.24, 2.45) is 0 Å². The predicted octanol–water partition coefficient (Wildman–Crippen LogP) is -0.0156. The molecule has 1 rings (SSSR count). The average molecular weight is 161 g/mol. The number of esters is 1. The van der Waals surface area contributed by atoms with E-state index in [4.69, 9.17) is 0 Å². The minimum Gasteiger partial charge on any atom is -0.467 e. The van der Waals surface area contributed by atoms with Crippen LogP contribution in [0.2, 0.25) is 0 Å². The Bertz CT molecular complexity index is 170. The molecule has 1 amide bonds. The summed E-state index contributed by atoms with van der Waals surface area (Å²) in [5.74, 6) is 0.101. The van der Waals surface area contributed by atoms with Crippen LogP contribution in [0.1, 0.15) is 0 Å². The van der Waals surface area contributed by atoms with Crippen LogP contribution in [0, 0.1) is 0 Å². The molecule has 1 aliphatic heterocycles. The Morgan fingerprint density at radius 2 is 2.60 bits per heavy atom. The third kappa shape index (κ3) is 1.41. The van der Waals surface area contributed by atoms with Gasteiger partial charge in [-0.15, -0.1) is 0 Å². The highest BCUT2D eigenvalue weighted by Gasteiger charge is 2.28. The summed E-state index contributed by atoms with van der Waals surface area (Å²) < 4.78 is 4.42. The largest absolute Gasteiger partial charge is 0.467 e. The molecule has 5 heteroatoms. The lowest BCUT2D eigenvalue weighted by Gasteiger charge is -2.03. The second-order valence-electron chi connectivity index (χ2n) is 1.82. The number of hydrogen-bond donors (Lipinski definition) is 1. The number of carbonyl (C=O) groups is 2. The molecule has 1 aliphatic rings. The van der Waals surface area contributed by atoms with Gasteiger partial charge in [0.2, 0.25) is 0 Å². The van der Waals surface area contributed by atoms with Gasteiger partial charge in [-0.3, -0.25) is 4.79 Å². The molecule has 0 bridgehead atoms. The minimum atomic E-state index is -0.442. The van der Waals surface area contributed by atoms with Gasteiger partial charge in [-0.25, -0.2) is 4.79 Å². The molecular formula is C5H7NO3S. The summed E-state index contributed by atoms with van der Waals surface area (Å²) in [6.07, 6.45) is 0. The highest BCUT2D eigenvalue weighted by atomic mass is 32.2. The molecule has 1 fully saturated rings. The monoisotopic (exact) mass is 161 g/mol. The molecule has 1 heterocycles. The van der Waals surface area contributed by atoms with E-state index in [0.29, 0.717) is 5.75 Å². The third-order valence-corrected chi connectivity index (χ3v) is 2.04. The zero-order valence-corrected chi connectivity index (χ0v) is 6.23. The molecule has 1 N–H and O–H groups in total. The van der Waals surface area contributed by atoms with Gasteiger partial charge in [0.15, 0.2) is 0 Å². The Morgan fingerprint density at radius 3 is 3.00 bits per heavy atom. The Hall–Kier alpha value is -0.710. The standard InChI is InChI=1S/C5H7NO3S/c1-9-4(7)3-2-10-5(8)6-3/h3H,2H2,1H3,(H,6,8)/t3-/m1/s1. The Labute approximate surface area is 62.3 Å². The number of amides is 1. The van der Waals surface area contributed by atoms with Crippen molar-refractivity contribution < 1.29 is 14.3 Å². The van der Waals surface area contributed by atoms with Crippen molar-refractivity contribution in [2.45, 2.75) is 6.04 Å². The van der Waals surface area contributed by atoms with Crippen molar-refractivity contribution in [3.8, 4) is 0 Å². The molecule has 0 spiro atoms. The molecule has 0 aliphatic carbocycles. The van der Waals surface area contributed by atoms with Gasteiger partial charge < -0.3 is 10.1 Å². The van der Waals surface area contributed by atoms with Crippen LogP contribution in [0.25, 0.3) is 0 Å². The number of rotatable bonds is 1. The van der Waals surface area contributed by atoms with Crippen LogP contribution in [0.4, 0.5) is 4.79 Å². The molecule has 10 heavy (non-hydrogen) atoms. The van der Waals surface area contributed by atoms with Gasteiger partial charge in [-0.05, 0) is 0 Å². The van der Waals surface area contributed by atoms with Crippen LogP contribution in [-0.2, 0) is 9.53 Å². The van der Waals surface area contributed by atoms with Crippen LogP contribution < -0.4 is 5.32 Å². The lowest BCUT2D eigenvalue weighted by Crippen LogP contribution is -2.35. The van der Waals surface area contributed by atoms with E-state index in [1.54, 1.807) is 0 Å². The Kier molecular flexibility index (Phi) is 2.16. The first-order valence-electron chi connectivity index (χ1n) is 2.75. The van der Waals surface area contributed by atoms with Crippen molar-refractivity contribution in [1.29, 1.82) is 0 Å². The second-order valence-corrected chi connectivity index (χ2v) is 2.81. The van der Waals surface area contributed by atoms with Crippen LogP contribution in [0.3, 0.4) is 0 Å². The topological polar surface area (TPSA) is 55.4 Å². The third-order valence-electron chi connectivity index (χ3n) is 1.16. The van der Waals surface area contributed by atoms with E-state index in [1.807, 2.05) is 0 Å². The Morgan fingerprint density at radius 1 is 1.90 bits per heavy atom. The molecular weight excluding hydrogens is 154 g/mol. The van der Waals surface area contributed by atoms with Crippen molar-refractivity contribution in [3.05, 3.63) is 0 Å². The number of ether oxygens (including phenoxy) is 1. The number of carbonyl (C=O) groups excluding carboxylic acids is 2. The highest BCUT2D eigenvalue weighted by molar-refractivity contribution is 8.14. The van der Waals surface area contributed by atoms with E-state index in [9.17, 15) is 9.59 Å². The molecule has 0 saturated carbocycles. The fourth-order valence-corrected chi connectivity index (χ4v) is 1.42. The molecule has 0 aromatic carbocycles. The number of hydrogen-bond acceptors (Lipinski definition) is 4. The molecule has 0 radical (unpaired) electrons. The Balaban J connectivity index is 2.44. The zero-order chi connectivity index (χ0) is 7.56. The molecule has 0 unspecified atom stereocenters. The van der Waals surface area contributed by atoms with Gasteiger partial charge in [0, 0.05) is 5.75 Å². The molecule has 1 atom stereocenters. The fraction of sp³-hybridized carbons (Fsp3) is 0.600. The second kappa shape index (κ2) is 2.92. The SMILES string of the molecule is COC(=O)[C@H]1CSC(=O)N1. The average Bonchev–Trinajstić information content (AvgIpc) is 2.34. The molecule has 0 aromatic rings. The maximum Gasteiger partial charge on any atom is 0.329 e. The van der Waals surface area contributed by atoms with Gasteiger partial charge in [0.05, 0.1) is 7.11 Å². The maximum atomic E-state index is 10.7. The van der Waals surface area contributed by atoms with E-state index in [1.165, 1.54) is 7.11 Å². The smallest absolute Gasteiger partial charge is 0.329 e. The first-order chi connectivity index (χ1) is 4.74. The predicted molar refractivity (Wildman–Crippen MR) is 36.8 cm³/mol. The fourth-order valence-electron chi connectivity index (χ4n) is 0.654. The normalized spacial score (nSPS) is 24.1. The van der Waals surface area contributed by atoms with Crippen molar-refractivity contribution >= 4 is 23.0 Å². The summed E-state index contributed by atoms with van der Waals surface area (Å²) in [5.41, 5.74) is 0. The van der Waals surface area contributed by atoms with E-state index >= 15 is 0 Å². The lowest BCUT2D eigenvalue weighted by molar-refractivity contribution is -0.142. The van der Waals surface area contributed by atoms with Crippen LogP contribution >= 0.6 is 11.8 Å². The summed E-state index contributed by atoms with van der Waals surface area (Å²) in [4.78, 5) is 21.2. The molecule has 0 aromatic heterocycles. The highest BCUT2D eigenvalue weighted by Crippen LogP contribution is 2.13. The number of thioether (sulfide) groups is 1. The molecule has 1 saturated heterocycles. The van der Waals surface area contributed by atoms with Crippen molar-refractivity contribution in [1.82, 2.24) is 5.32 Å². The zero-order valence-electron chi connectivity index (χ0n) is 5.42.